The monoisotopic (exact) mass is 1730 g/mol. The second kappa shape index (κ2) is 43.0. The number of carbonyl (C=O) groups excluding carboxylic acids is 2. The number of halogens is 6. The van der Waals surface area contributed by atoms with E-state index in [2.05, 4.69) is 254 Å². The van der Waals surface area contributed by atoms with Gasteiger partial charge in [0, 0.05) is 79.0 Å². The average Bonchev–Trinajstić information content (AvgIpc) is 3.45. The zero-order chi connectivity index (χ0) is 57.1. The molecule has 0 aromatic heterocycles. The van der Waals surface area contributed by atoms with Gasteiger partial charge in [0.25, 0.3) is 0 Å². The van der Waals surface area contributed by atoms with E-state index in [1.165, 1.54) is 77.1 Å². The molecule has 0 aliphatic heterocycles. The minimum absolute atomic E-state index is 0. The molecule has 0 aliphatic carbocycles. The van der Waals surface area contributed by atoms with Crippen LogP contribution in [-0.4, -0.2) is 59.7 Å². The molecule has 0 atom stereocenters. The Morgan fingerprint density at radius 1 is 0.462 bits per heavy atom. The molecule has 0 saturated carbocycles. The number of hydrogen-bond acceptors (Lipinski definition) is 7. The Balaban J connectivity index is 0.000000667. The standard InChI is InChI=1S/C34H38O4.C26H30O2.C4H6O2.I3.I2.HI/c1-6-7-8-26-9-13-29(14-10-26)31-17-19-32(20-18-31)30-15-11-27(12-16-30)21-28(22-37-33(35)24(2)3)23-38-34(36)25(4)5;1-2-3-4-20-5-9-23(10-6-20)25-13-15-26(16-14-25)24-11-7-21(8-12-24)17-22(18-27)19-28;1-3(2)4(5)6;1-3-2;1-2;/h9-20,28H,2,4,6-8,21-23H2,1,3,5H3;5-16,22,27-28H,2-4,17-19H2,1H3;1H2,2H3,(H,5,6);;;1H/q;;;-1;;. The van der Waals surface area contributed by atoms with Gasteiger partial charge in [-0.05, 0) is 126 Å². The van der Waals surface area contributed by atoms with Crippen molar-refractivity contribution in [2.75, 3.05) is 26.4 Å². The molecule has 0 radical (unpaired) electrons. The van der Waals surface area contributed by atoms with Gasteiger partial charge in [-0.1, -0.05) is 192 Å². The number of aliphatic carboxylic acids is 1. The van der Waals surface area contributed by atoms with Crippen LogP contribution in [0.1, 0.15) is 82.6 Å². The number of ether oxygens (including phenoxy) is 2. The first-order valence-corrected chi connectivity index (χ1v) is 44.3. The molecule has 3 N–H and O–H groups in total. The summed E-state index contributed by atoms with van der Waals surface area (Å²) < 4.78 is 10.7. The fourth-order valence-corrected chi connectivity index (χ4v) is 7.52. The molecule has 0 bridgehead atoms. The van der Waals surface area contributed by atoms with Gasteiger partial charge in [0.15, 0.2) is 0 Å². The van der Waals surface area contributed by atoms with E-state index in [1.54, 1.807) is 13.8 Å². The Morgan fingerprint density at radius 2 is 0.679 bits per heavy atom. The normalized spacial score (nSPS) is 10.2. The van der Waals surface area contributed by atoms with Crippen molar-refractivity contribution < 1.29 is 52.4 Å². The number of benzene rings is 6. The maximum atomic E-state index is 11.9. The van der Waals surface area contributed by atoms with Crippen molar-refractivity contribution in [3.63, 3.8) is 0 Å². The Kier molecular flexibility index (Phi) is 40.4. The summed E-state index contributed by atoms with van der Waals surface area (Å²) in [6, 6.07) is 51.7. The Labute approximate surface area is 535 Å². The summed E-state index contributed by atoms with van der Waals surface area (Å²) in [4.78, 5) is 33.3. The summed E-state index contributed by atoms with van der Waals surface area (Å²) in [6.07, 6.45) is 8.48. The van der Waals surface area contributed by atoms with Crippen molar-refractivity contribution in [1.29, 1.82) is 0 Å². The Morgan fingerprint density at radius 3 is 0.885 bits per heavy atom. The fraction of sp³-hybridized carbons (Fsp3) is 0.297. The van der Waals surface area contributed by atoms with Crippen LogP contribution in [0.15, 0.2) is 182 Å². The van der Waals surface area contributed by atoms with Crippen molar-refractivity contribution >= 4 is 116 Å². The molecule has 14 heteroatoms. The van der Waals surface area contributed by atoms with Gasteiger partial charge in [0.1, 0.15) is 0 Å². The van der Waals surface area contributed by atoms with E-state index in [1.807, 2.05) is 0 Å². The summed E-state index contributed by atoms with van der Waals surface area (Å²) in [5, 5.41) is 26.4. The molecule has 422 valence electrons. The molecular formula is C64H75I6O8-. The summed E-state index contributed by atoms with van der Waals surface area (Å²) in [5.41, 5.74) is 15.4. The molecule has 8 nitrogen and oxygen atoms in total. The third-order valence-corrected chi connectivity index (χ3v) is 12.1. The first-order valence-electron chi connectivity index (χ1n) is 25.4. The number of carboxylic acid groups (broad SMARTS) is 1. The number of rotatable bonds is 23. The molecule has 0 unspecified atom stereocenters. The van der Waals surface area contributed by atoms with Crippen molar-refractivity contribution in [1.82, 2.24) is 0 Å². The molecule has 6 rings (SSSR count). The summed E-state index contributed by atoms with van der Waals surface area (Å²) in [5.74, 6) is -2.10. The van der Waals surface area contributed by atoms with E-state index in [9.17, 15) is 24.6 Å². The average molecular weight is 1730 g/mol. The fourth-order valence-electron chi connectivity index (χ4n) is 7.52. The van der Waals surface area contributed by atoms with Gasteiger partial charge in [-0.15, -0.1) is 24.0 Å². The van der Waals surface area contributed by atoms with Gasteiger partial charge in [-0.2, -0.15) is 0 Å². The molecule has 0 fully saturated rings. The molecule has 6 aromatic rings. The van der Waals surface area contributed by atoms with E-state index in [0.29, 0.717) is 37.2 Å². The number of unbranched alkanes of at least 4 members (excludes halogenated alkanes) is 2. The topological polar surface area (TPSA) is 130 Å². The van der Waals surface area contributed by atoms with Crippen LogP contribution in [0, 0.1) is 11.8 Å². The molecule has 0 aliphatic rings. The van der Waals surface area contributed by atoms with E-state index >= 15 is 0 Å². The predicted octanol–water partition coefficient (Wildman–Crippen LogP) is 15.1. The molecular weight excluding hydrogens is 1660 g/mol. The zero-order valence-corrected chi connectivity index (χ0v) is 58.4. The van der Waals surface area contributed by atoms with Crippen molar-refractivity contribution in [2.24, 2.45) is 11.8 Å². The molecule has 0 saturated heterocycles. The predicted molar refractivity (Wildman–Crippen MR) is 366 cm³/mol. The molecule has 78 heavy (non-hydrogen) atoms. The van der Waals surface area contributed by atoms with Crippen LogP contribution in [0.5, 0.6) is 0 Å². The summed E-state index contributed by atoms with van der Waals surface area (Å²) >= 11 is 9.54. The number of aliphatic hydroxyl groups is 2. The van der Waals surface area contributed by atoms with Gasteiger partial charge in [0.2, 0.25) is 0 Å². The van der Waals surface area contributed by atoms with E-state index < -0.39 is 17.9 Å². The maximum absolute atomic E-state index is 11.9. The van der Waals surface area contributed by atoms with Crippen molar-refractivity contribution in [3.05, 3.63) is 204 Å². The Hall–Kier alpha value is -2.75. The first kappa shape index (κ1) is 73.3. The van der Waals surface area contributed by atoms with Crippen molar-refractivity contribution in [2.45, 2.75) is 86.0 Å². The number of carbonyl (C=O) groups is 3. The number of aryl methyl sites for hydroxylation is 2. The summed E-state index contributed by atoms with van der Waals surface area (Å²) in [6.45, 7) is 19.8. The van der Waals surface area contributed by atoms with Crippen LogP contribution in [0.25, 0.3) is 44.5 Å². The second-order valence-corrected chi connectivity index (χ2v) is 34.8. The van der Waals surface area contributed by atoms with Crippen molar-refractivity contribution in [3.8, 4) is 44.5 Å². The van der Waals surface area contributed by atoms with Crippen LogP contribution in [0.3, 0.4) is 0 Å². The molecule has 0 amide bonds. The van der Waals surface area contributed by atoms with Gasteiger partial charge < -0.3 is 24.8 Å². The number of aliphatic hydroxyl groups excluding tert-OH is 2. The van der Waals surface area contributed by atoms with Crippen LogP contribution in [0.4, 0.5) is 0 Å². The molecule has 6 aromatic carbocycles. The number of esters is 2. The van der Waals surface area contributed by atoms with Crippen LogP contribution < -0.4 is 13.3 Å². The zero-order valence-electron chi connectivity index (χ0n) is 45.3. The van der Waals surface area contributed by atoms with Crippen LogP contribution in [0.2, 0.25) is 0 Å². The minimum atomic E-state index is -0.935. The quantitative estimate of drug-likeness (QED) is 0.0329. The SMILES string of the molecule is C=C(C)C(=O)O.C=C(C)C(=O)OCC(COC(=O)C(=C)C)Cc1ccc(-c2ccc(-c3ccc(CCCC)cc3)cc2)cc1.CCCCc1ccc(-c2ccc(-c3ccc(CC(CO)CO)cc3)cc2)cc1.I.II.I[I-]I. The van der Waals surface area contributed by atoms with Gasteiger partial charge in [-0.3, -0.25) is 0 Å². The van der Waals surface area contributed by atoms with Gasteiger partial charge >= 0.3 is 68.4 Å². The third kappa shape index (κ3) is 28.8. The number of hydrogen-bond donors (Lipinski definition) is 3. The Bertz CT molecular complexity index is 2630. The van der Waals surface area contributed by atoms with E-state index in [0.717, 1.165) is 35.1 Å². The third-order valence-electron chi connectivity index (χ3n) is 12.1. The van der Waals surface area contributed by atoms with E-state index in [4.69, 9.17) is 14.6 Å². The molecule has 0 heterocycles. The first-order chi connectivity index (χ1) is 37.0. The van der Waals surface area contributed by atoms with Crippen LogP contribution in [-0.2, 0) is 49.5 Å². The number of carboxylic acids is 1. The summed E-state index contributed by atoms with van der Waals surface area (Å²) in [7, 11) is 0. The second-order valence-electron chi connectivity index (χ2n) is 18.6. The van der Waals surface area contributed by atoms with E-state index in [-0.39, 0.29) is 67.8 Å². The van der Waals surface area contributed by atoms with Gasteiger partial charge in [-0.25, -0.2) is 14.4 Å². The van der Waals surface area contributed by atoms with Crippen LogP contribution >= 0.6 is 98.4 Å². The molecule has 0 spiro atoms. The van der Waals surface area contributed by atoms with Gasteiger partial charge in [0.05, 0.1) is 13.2 Å².